The lowest BCUT2D eigenvalue weighted by Crippen LogP contribution is -2.37. The molecule has 1 aromatic heterocycles. The first-order valence-corrected chi connectivity index (χ1v) is 13.2. The molecule has 1 aliphatic heterocycles. The van der Waals surface area contributed by atoms with Crippen LogP contribution in [-0.2, 0) is 25.1 Å². The highest BCUT2D eigenvalue weighted by Crippen LogP contribution is 2.36. The summed E-state index contributed by atoms with van der Waals surface area (Å²) in [5.41, 5.74) is 2.44. The number of carbonyl (C=O) groups excluding carboxylic acids is 1. The van der Waals surface area contributed by atoms with Crippen molar-refractivity contribution in [1.82, 2.24) is 10.3 Å². The van der Waals surface area contributed by atoms with Gasteiger partial charge in [-0.25, -0.2) is 17.6 Å². The number of sulfone groups is 1. The second kappa shape index (κ2) is 10.6. The van der Waals surface area contributed by atoms with Gasteiger partial charge in [0.05, 0.1) is 24.2 Å². The highest BCUT2D eigenvalue weighted by atomic mass is 35.5. The highest BCUT2D eigenvalue weighted by Gasteiger charge is 2.35. The van der Waals surface area contributed by atoms with Crippen molar-refractivity contribution in [1.29, 1.82) is 0 Å². The van der Waals surface area contributed by atoms with Gasteiger partial charge in [-0.05, 0) is 36.8 Å². The average Bonchev–Trinajstić information content (AvgIpc) is 2.85. The third-order valence-corrected chi connectivity index (χ3v) is 7.40. The molecule has 1 aliphatic rings. The van der Waals surface area contributed by atoms with Gasteiger partial charge in [0.1, 0.15) is 17.6 Å². The number of amidine groups is 1. The molecule has 1 atom stereocenters. The fraction of sp³-hybridized carbons (Fsp3) is 0.192. The van der Waals surface area contributed by atoms with Gasteiger partial charge in [0.15, 0.2) is 15.7 Å². The van der Waals surface area contributed by atoms with Crippen molar-refractivity contribution in [2.75, 3.05) is 12.9 Å². The summed E-state index contributed by atoms with van der Waals surface area (Å²) in [6.07, 6.45) is 1.56. The number of aliphatic imine (C=N–C) groups is 1. The Morgan fingerprint density at radius 2 is 1.86 bits per heavy atom. The Morgan fingerprint density at radius 3 is 2.50 bits per heavy atom. The van der Waals surface area contributed by atoms with Gasteiger partial charge in [-0.3, -0.25) is 9.98 Å². The first kappa shape index (κ1) is 25.5. The summed E-state index contributed by atoms with van der Waals surface area (Å²) in [6.45, 7) is 1.91. The molecule has 10 heteroatoms. The van der Waals surface area contributed by atoms with Crippen molar-refractivity contribution >= 4 is 33.2 Å². The first-order valence-electron chi connectivity index (χ1n) is 11.0. The van der Waals surface area contributed by atoms with E-state index < -0.39 is 33.4 Å². The molecule has 0 aliphatic carbocycles. The summed E-state index contributed by atoms with van der Waals surface area (Å²) < 4.78 is 45.3. The van der Waals surface area contributed by atoms with E-state index in [2.05, 4.69) is 15.3 Å². The number of rotatable bonds is 7. The van der Waals surface area contributed by atoms with E-state index in [0.29, 0.717) is 16.8 Å². The lowest BCUT2D eigenvalue weighted by Gasteiger charge is -2.27. The first-order chi connectivity index (χ1) is 17.2. The lowest BCUT2D eigenvalue weighted by atomic mass is 9.95. The van der Waals surface area contributed by atoms with Gasteiger partial charge in [-0.15, -0.1) is 0 Å². The van der Waals surface area contributed by atoms with E-state index in [-0.39, 0.29) is 27.9 Å². The van der Waals surface area contributed by atoms with Gasteiger partial charge in [0.2, 0.25) is 0 Å². The largest absolute Gasteiger partial charge is 0.466 e. The van der Waals surface area contributed by atoms with E-state index >= 15 is 0 Å². The second-order valence-corrected chi connectivity index (χ2v) is 10.8. The maximum atomic E-state index is 13.8. The number of pyridine rings is 1. The number of benzene rings is 2. The number of methoxy groups -OCH3 is 1. The Kier molecular flexibility index (Phi) is 7.51. The molecule has 0 bridgehead atoms. The minimum Gasteiger partial charge on any atom is -0.466 e. The standard InChI is InChI=1S/C26H23ClFN3O4S/c1-16-6-8-17(9-7-16)14-36(33,34)15-22-23(26(32)35-2)24(19-11-10-18(28)13-20(19)27)31-25(30-22)21-5-3-4-12-29-21/h3-13,24H,14-15H2,1-2H3,(H,30,31). The van der Waals surface area contributed by atoms with Gasteiger partial charge in [0.25, 0.3) is 0 Å². The van der Waals surface area contributed by atoms with Gasteiger partial charge < -0.3 is 10.1 Å². The van der Waals surface area contributed by atoms with E-state index in [4.69, 9.17) is 16.3 Å². The molecular formula is C26H23ClFN3O4S. The Balaban J connectivity index is 1.82. The third-order valence-electron chi connectivity index (χ3n) is 5.57. The predicted molar refractivity (Wildman–Crippen MR) is 136 cm³/mol. The maximum Gasteiger partial charge on any atom is 0.338 e. The molecule has 2 aromatic carbocycles. The van der Waals surface area contributed by atoms with Gasteiger partial charge in [-0.2, -0.15) is 0 Å². The average molecular weight is 528 g/mol. The van der Waals surface area contributed by atoms with Crippen LogP contribution in [0.1, 0.15) is 28.4 Å². The number of carbonyl (C=O) groups is 1. The van der Waals surface area contributed by atoms with Crippen LogP contribution < -0.4 is 5.32 Å². The number of aromatic nitrogens is 1. The van der Waals surface area contributed by atoms with Crippen LogP contribution in [0.3, 0.4) is 0 Å². The number of hydrogen-bond acceptors (Lipinski definition) is 7. The zero-order chi connectivity index (χ0) is 25.9. The Hall–Kier alpha value is -3.56. The number of esters is 1. The molecule has 0 radical (unpaired) electrons. The summed E-state index contributed by atoms with van der Waals surface area (Å²) in [5.74, 6) is -1.82. The fourth-order valence-corrected chi connectivity index (χ4v) is 5.59. The van der Waals surface area contributed by atoms with E-state index in [1.54, 1.807) is 36.5 Å². The number of halogens is 2. The molecule has 0 spiro atoms. The van der Waals surface area contributed by atoms with Crippen LogP contribution in [0.15, 0.2) is 83.1 Å². The molecule has 186 valence electrons. The Morgan fingerprint density at radius 1 is 1.11 bits per heavy atom. The Labute approximate surface area is 213 Å². The van der Waals surface area contributed by atoms with Crippen molar-refractivity contribution in [2.24, 2.45) is 4.99 Å². The molecule has 2 heterocycles. The van der Waals surface area contributed by atoms with Crippen LogP contribution in [0.5, 0.6) is 0 Å². The molecule has 0 fully saturated rings. The lowest BCUT2D eigenvalue weighted by molar-refractivity contribution is -0.136. The third kappa shape index (κ3) is 5.80. The zero-order valence-electron chi connectivity index (χ0n) is 19.5. The number of ether oxygens (including phenoxy) is 1. The summed E-state index contributed by atoms with van der Waals surface area (Å²) in [7, 11) is -2.56. The van der Waals surface area contributed by atoms with Gasteiger partial charge >= 0.3 is 5.97 Å². The molecule has 0 amide bonds. The van der Waals surface area contributed by atoms with E-state index in [9.17, 15) is 17.6 Å². The van der Waals surface area contributed by atoms with Crippen LogP contribution in [0, 0.1) is 12.7 Å². The normalized spacial score (nSPS) is 15.8. The molecule has 0 saturated heterocycles. The summed E-state index contributed by atoms with van der Waals surface area (Å²) in [4.78, 5) is 21.9. The van der Waals surface area contributed by atoms with Crippen LogP contribution >= 0.6 is 11.6 Å². The van der Waals surface area contributed by atoms with Crippen LogP contribution in [0.2, 0.25) is 5.02 Å². The van der Waals surface area contributed by atoms with E-state index in [1.807, 2.05) is 19.1 Å². The minimum atomic E-state index is -3.75. The SMILES string of the molecule is COC(=O)C1=C(CS(=O)(=O)Cc2ccc(C)cc2)NC(c2ccccn2)=NC1c1ccc(F)cc1Cl. The van der Waals surface area contributed by atoms with E-state index in [1.165, 1.54) is 19.2 Å². The molecule has 0 saturated carbocycles. The molecular weight excluding hydrogens is 505 g/mol. The predicted octanol–water partition coefficient (Wildman–Crippen LogP) is 4.32. The zero-order valence-corrected chi connectivity index (χ0v) is 21.1. The summed E-state index contributed by atoms with van der Waals surface area (Å²) >= 11 is 6.33. The van der Waals surface area contributed by atoms with Crippen LogP contribution in [-0.4, -0.2) is 38.1 Å². The van der Waals surface area contributed by atoms with Gasteiger partial charge in [-0.1, -0.05) is 53.6 Å². The number of hydrogen-bond donors (Lipinski definition) is 1. The van der Waals surface area contributed by atoms with E-state index in [0.717, 1.165) is 11.6 Å². The minimum absolute atomic E-state index is 0.0295. The second-order valence-electron chi connectivity index (χ2n) is 8.29. The number of nitrogens with one attached hydrogen (secondary N) is 1. The maximum absolute atomic E-state index is 13.8. The van der Waals surface area contributed by atoms with Crippen LogP contribution in [0.25, 0.3) is 0 Å². The number of aryl methyl sites for hydroxylation is 1. The molecule has 1 unspecified atom stereocenters. The van der Waals surface area contributed by atoms with Crippen molar-refractivity contribution in [3.63, 3.8) is 0 Å². The molecule has 3 aromatic rings. The number of nitrogens with zero attached hydrogens (tertiary/aromatic N) is 2. The van der Waals surface area contributed by atoms with Crippen LogP contribution in [0.4, 0.5) is 4.39 Å². The smallest absolute Gasteiger partial charge is 0.338 e. The molecule has 7 nitrogen and oxygen atoms in total. The Bertz CT molecular complexity index is 1460. The summed E-state index contributed by atoms with van der Waals surface area (Å²) in [5, 5.41) is 3.02. The van der Waals surface area contributed by atoms with Crippen molar-refractivity contribution < 1.29 is 22.3 Å². The summed E-state index contributed by atoms with van der Waals surface area (Å²) in [6, 6.07) is 15.0. The van der Waals surface area contributed by atoms with Gasteiger partial charge in [0, 0.05) is 22.5 Å². The highest BCUT2D eigenvalue weighted by molar-refractivity contribution is 7.90. The van der Waals surface area contributed by atoms with Crippen molar-refractivity contribution in [2.45, 2.75) is 18.7 Å². The topological polar surface area (TPSA) is 97.7 Å². The fourth-order valence-electron chi connectivity index (χ4n) is 3.85. The molecule has 4 rings (SSSR count). The van der Waals surface area contributed by atoms with Crippen molar-refractivity contribution in [3.05, 3.63) is 111 Å². The molecule has 36 heavy (non-hydrogen) atoms. The van der Waals surface area contributed by atoms with Crippen molar-refractivity contribution in [3.8, 4) is 0 Å². The molecule has 1 N–H and O–H groups in total. The monoisotopic (exact) mass is 527 g/mol. The quantitative estimate of drug-likeness (QED) is 0.460.